The second-order valence-electron chi connectivity index (χ2n) is 8.07. The predicted octanol–water partition coefficient (Wildman–Crippen LogP) is 5.87. The summed E-state index contributed by atoms with van der Waals surface area (Å²) in [5, 5.41) is 0. The first-order valence-electron chi connectivity index (χ1n) is 10.9. The van der Waals surface area contributed by atoms with Crippen LogP contribution >= 0.6 is 0 Å². The normalized spacial score (nSPS) is 14.9. The fourth-order valence-electron chi connectivity index (χ4n) is 4.51. The zero-order valence-electron chi connectivity index (χ0n) is 17.8. The molecule has 0 atom stereocenters. The summed E-state index contributed by atoms with van der Waals surface area (Å²) in [5.41, 5.74) is 5.63. The van der Waals surface area contributed by atoms with Gasteiger partial charge in [-0.1, -0.05) is 24.3 Å². The van der Waals surface area contributed by atoms with Crippen molar-refractivity contribution in [3.05, 3.63) is 66.7 Å². The quantitative estimate of drug-likeness (QED) is 0.360. The maximum Gasteiger partial charge on any atom is 0.227 e. The number of oxazole rings is 1. The molecule has 3 aromatic carbocycles. The van der Waals surface area contributed by atoms with E-state index in [0.717, 1.165) is 70.9 Å². The minimum atomic E-state index is 0.338. The second kappa shape index (κ2) is 7.80. The molecule has 2 aromatic heterocycles. The molecule has 6 heteroatoms. The van der Waals surface area contributed by atoms with E-state index < -0.39 is 0 Å². The molecule has 6 rings (SSSR count). The first-order valence-corrected chi connectivity index (χ1v) is 10.9. The van der Waals surface area contributed by atoms with Crippen LogP contribution in [0.3, 0.4) is 0 Å². The van der Waals surface area contributed by atoms with Gasteiger partial charge < -0.3 is 18.5 Å². The van der Waals surface area contributed by atoms with Crippen LogP contribution in [-0.2, 0) is 4.74 Å². The molecule has 32 heavy (non-hydrogen) atoms. The summed E-state index contributed by atoms with van der Waals surface area (Å²) in [6, 6.07) is 22.5. The minimum absolute atomic E-state index is 0.338. The third-order valence-electron chi connectivity index (χ3n) is 6.11. The van der Waals surface area contributed by atoms with E-state index in [1.54, 1.807) is 7.11 Å². The molecule has 0 aliphatic carbocycles. The summed E-state index contributed by atoms with van der Waals surface area (Å²) in [6.07, 6.45) is 1.94. The molecule has 6 nitrogen and oxygen atoms in total. The second-order valence-corrected chi connectivity index (χ2v) is 8.07. The number of imidazole rings is 1. The van der Waals surface area contributed by atoms with Gasteiger partial charge in [-0.05, 0) is 55.3 Å². The van der Waals surface area contributed by atoms with Crippen LogP contribution in [0.5, 0.6) is 5.75 Å². The molecule has 1 fully saturated rings. The zero-order chi connectivity index (χ0) is 21.5. The zero-order valence-corrected chi connectivity index (χ0v) is 17.8. The van der Waals surface area contributed by atoms with Gasteiger partial charge in [0.25, 0.3) is 0 Å². The van der Waals surface area contributed by atoms with E-state index in [9.17, 15) is 0 Å². The fraction of sp³-hybridized carbons (Fsp3) is 0.231. The standard InChI is InChI=1S/C26H23N3O3/c1-30-20-6-4-5-17(15-20)25-27-22-16-18(26-28-21-7-2-3-8-24(21)32-26)9-10-23(22)29(25)19-11-13-31-14-12-19/h2-10,15-16,19H,11-14H2,1H3. The largest absolute Gasteiger partial charge is 0.497 e. The van der Waals surface area contributed by atoms with Gasteiger partial charge in [0.15, 0.2) is 5.58 Å². The topological polar surface area (TPSA) is 62.3 Å². The van der Waals surface area contributed by atoms with Crippen molar-refractivity contribution in [2.75, 3.05) is 20.3 Å². The highest BCUT2D eigenvalue weighted by Crippen LogP contribution is 2.35. The van der Waals surface area contributed by atoms with E-state index in [4.69, 9.17) is 18.9 Å². The Hall–Kier alpha value is -3.64. The molecule has 3 heterocycles. The molecule has 0 saturated carbocycles. The van der Waals surface area contributed by atoms with E-state index in [1.165, 1.54) is 0 Å². The van der Waals surface area contributed by atoms with E-state index in [2.05, 4.69) is 33.8 Å². The number of methoxy groups -OCH3 is 1. The van der Waals surface area contributed by atoms with Crippen LogP contribution in [0, 0.1) is 0 Å². The number of fused-ring (bicyclic) bond motifs is 2. The summed E-state index contributed by atoms with van der Waals surface area (Å²) in [4.78, 5) is 9.73. The van der Waals surface area contributed by atoms with Crippen LogP contribution in [0.15, 0.2) is 71.1 Å². The summed E-state index contributed by atoms with van der Waals surface area (Å²) in [6.45, 7) is 1.53. The lowest BCUT2D eigenvalue weighted by Crippen LogP contribution is -2.20. The van der Waals surface area contributed by atoms with Gasteiger partial charge in [-0.25, -0.2) is 9.97 Å². The Morgan fingerprint density at radius 1 is 0.875 bits per heavy atom. The van der Waals surface area contributed by atoms with Crippen molar-refractivity contribution in [2.24, 2.45) is 0 Å². The van der Waals surface area contributed by atoms with Crippen molar-refractivity contribution in [1.29, 1.82) is 0 Å². The number of ether oxygens (including phenoxy) is 2. The van der Waals surface area contributed by atoms with E-state index in [0.29, 0.717) is 11.9 Å². The third kappa shape index (κ3) is 3.24. The van der Waals surface area contributed by atoms with Crippen molar-refractivity contribution in [1.82, 2.24) is 14.5 Å². The monoisotopic (exact) mass is 425 g/mol. The Kier molecular flexibility index (Phi) is 4.65. The Labute approximate surface area is 185 Å². The number of para-hydroxylation sites is 2. The lowest BCUT2D eigenvalue weighted by molar-refractivity contribution is 0.0710. The highest BCUT2D eigenvalue weighted by molar-refractivity contribution is 5.86. The van der Waals surface area contributed by atoms with Crippen molar-refractivity contribution >= 4 is 22.1 Å². The Morgan fingerprint density at radius 3 is 2.59 bits per heavy atom. The molecule has 0 spiro atoms. The maximum absolute atomic E-state index is 5.99. The summed E-state index contributed by atoms with van der Waals surface area (Å²) in [5.74, 6) is 2.37. The van der Waals surface area contributed by atoms with Crippen molar-refractivity contribution in [3.63, 3.8) is 0 Å². The SMILES string of the molecule is COc1cccc(-c2nc3cc(-c4nc5ccccc5o4)ccc3n2C2CCOCC2)c1. The molecule has 1 saturated heterocycles. The Bertz CT molecular complexity index is 1380. The highest BCUT2D eigenvalue weighted by atomic mass is 16.5. The Balaban J connectivity index is 1.52. The summed E-state index contributed by atoms with van der Waals surface area (Å²) >= 11 is 0. The molecule has 1 aliphatic rings. The fourth-order valence-corrected chi connectivity index (χ4v) is 4.51. The number of hydrogen-bond donors (Lipinski definition) is 0. The molecule has 0 bridgehead atoms. The minimum Gasteiger partial charge on any atom is -0.497 e. The maximum atomic E-state index is 5.99. The molecule has 160 valence electrons. The van der Waals surface area contributed by atoms with Gasteiger partial charge in [-0.2, -0.15) is 0 Å². The molecular weight excluding hydrogens is 402 g/mol. The molecular formula is C26H23N3O3. The van der Waals surface area contributed by atoms with Gasteiger partial charge in [0.2, 0.25) is 5.89 Å². The van der Waals surface area contributed by atoms with Crippen LogP contribution in [0.2, 0.25) is 0 Å². The number of rotatable bonds is 4. The average molecular weight is 425 g/mol. The summed E-state index contributed by atoms with van der Waals surface area (Å²) < 4.78 is 19.4. The van der Waals surface area contributed by atoms with Gasteiger partial charge in [-0.3, -0.25) is 0 Å². The molecule has 0 N–H and O–H groups in total. The molecule has 5 aromatic rings. The van der Waals surface area contributed by atoms with Crippen molar-refractivity contribution in [3.8, 4) is 28.6 Å². The molecule has 0 amide bonds. The van der Waals surface area contributed by atoms with Crippen molar-refractivity contribution in [2.45, 2.75) is 18.9 Å². The van der Waals surface area contributed by atoms with E-state index in [-0.39, 0.29) is 0 Å². The van der Waals surface area contributed by atoms with Crippen molar-refractivity contribution < 1.29 is 13.9 Å². The van der Waals surface area contributed by atoms with Gasteiger partial charge in [0.05, 0.1) is 18.1 Å². The smallest absolute Gasteiger partial charge is 0.227 e. The molecule has 0 radical (unpaired) electrons. The number of benzene rings is 3. The van der Waals surface area contributed by atoms with Crippen LogP contribution in [0.4, 0.5) is 0 Å². The van der Waals surface area contributed by atoms with Gasteiger partial charge >= 0.3 is 0 Å². The first kappa shape index (κ1) is 19.1. The van der Waals surface area contributed by atoms with Gasteiger partial charge in [0.1, 0.15) is 17.1 Å². The number of aromatic nitrogens is 3. The predicted molar refractivity (Wildman–Crippen MR) is 124 cm³/mol. The highest BCUT2D eigenvalue weighted by Gasteiger charge is 2.23. The number of hydrogen-bond acceptors (Lipinski definition) is 5. The molecule has 0 unspecified atom stereocenters. The first-order chi connectivity index (χ1) is 15.8. The molecule has 1 aliphatic heterocycles. The van der Waals surface area contributed by atoms with E-state index in [1.807, 2.05) is 42.5 Å². The van der Waals surface area contributed by atoms with E-state index >= 15 is 0 Å². The average Bonchev–Trinajstić information content (AvgIpc) is 3.46. The van der Waals surface area contributed by atoms with Gasteiger partial charge in [-0.15, -0.1) is 0 Å². The number of nitrogens with zero attached hydrogens (tertiary/aromatic N) is 3. The van der Waals surface area contributed by atoms with Crippen LogP contribution in [-0.4, -0.2) is 34.9 Å². The third-order valence-corrected chi connectivity index (χ3v) is 6.11. The van der Waals surface area contributed by atoms with Crippen LogP contribution < -0.4 is 4.74 Å². The lowest BCUT2D eigenvalue weighted by atomic mass is 10.1. The summed E-state index contributed by atoms with van der Waals surface area (Å²) in [7, 11) is 1.69. The van der Waals surface area contributed by atoms with Crippen LogP contribution in [0.25, 0.3) is 45.0 Å². The van der Waals surface area contributed by atoms with Crippen LogP contribution in [0.1, 0.15) is 18.9 Å². The Morgan fingerprint density at radius 2 is 1.75 bits per heavy atom. The lowest BCUT2D eigenvalue weighted by Gasteiger charge is -2.26. The van der Waals surface area contributed by atoms with Gasteiger partial charge in [0, 0.05) is 30.4 Å².